The quantitative estimate of drug-likeness (QED) is 0.564. The number of hydrogen-bond donors (Lipinski definition) is 1. The molecule has 0 aliphatic heterocycles. The zero-order valence-corrected chi connectivity index (χ0v) is 17.5. The summed E-state index contributed by atoms with van der Waals surface area (Å²) in [5.41, 5.74) is 6.24. The molecule has 26 heavy (non-hydrogen) atoms. The van der Waals surface area contributed by atoms with Crippen molar-refractivity contribution in [2.24, 2.45) is 11.8 Å². The zero-order chi connectivity index (χ0) is 18.1. The van der Waals surface area contributed by atoms with Crippen molar-refractivity contribution in [3.8, 4) is 11.5 Å². The molecule has 3 aliphatic rings. The number of methoxy groups -OCH3 is 1. The molecule has 1 saturated carbocycles. The van der Waals surface area contributed by atoms with E-state index in [2.05, 4.69) is 53.8 Å². The van der Waals surface area contributed by atoms with E-state index in [1.807, 2.05) is 6.07 Å². The Kier molecular flexibility index (Phi) is 3.83. The first kappa shape index (κ1) is 16.9. The van der Waals surface area contributed by atoms with Crippen molar-refractivity contribution in [1.29, 1.82) is 0 Å². The lowest BCUT2D eigenvalue weighted by molar-refractivity contribution is 0.106. The van der Waals surface area contributed by atoms with E-state index in [1.165, 1.54) is 47.9 Å². The van der Waals surface area contributed by atoms with Crippen molar-refractivity contribution in [3.63, 3.8) is 0 Å². The summed E-state index contributed by atoms with van der Waals surface area (Å²) in [6, 6.07) is 11.0. The minimum atomic E-state index is 0.284. The van der Waals surface area contributed by atoms with Crippen LogP contribution in [-0.2, 0) is 18.3 Å². The van der Waals surface area contributed by atoms with Gasteiger partial charge in [-0.3, -0.25) is 0 Å². The Morgan fingerprint density at radius 2 is 2.00 bits per heavy atom. The molecule has 3 heteroatoms. The van der Waals surface area contributed by atoms with Gasteiger partial charge in [-0.2, -0.15) is 0 Å². The molecule has 0 unspecified atom stereocenters. The van der Waals surface area contributed by atoms with Crippen molar-refractivity contribution in [2.45, 2.75) is 50.4 Å². The number of phenols is 1. The fraction of sp³-hybridized carbons (Fsp3) is 0.478. The van der Waals surface area contributed by atoms with Crippen molar-refractivity contribution < 1.29 is 9.84 Å². The Morgan fingerprint density at radius 1 is 1.15 bits per heavy atom. The van der Waals surface area contributed by atoms with Gasteiger partial charge in [-0.05, 0) is 124 Å². The van der Waals surface area contributed by atoms with E-state index in [1.54, 1.807) is 7.11 Å². The average molecular weight is 460 g/mol. The lowest BCUT2D eigenvalue weighted by Crippen LogP contribution is -2.43. The predicted octanol–water partition coefficient (Wildman–Crippen LogP) is 5.58. The molecule has 1 fully saturated rings. The standard InChI is InChI=1S/C23H25IO2/c1-23-8-7-16-17(6-4-13-10-22(25)21(24)12-18(13)16)20(23)9-14-3-5-15(26-2)11-19(14)23/h3,5,10-12,16-17,20,25H,4,6-9H2,1-2H3/t16-,17+,20-,23+/m0/s1. The fourth-order valence-electron chi connectivity index (χ4n) is 6.24. The van der Waals surface area contributed by atoms with Crippen LogP contribution in [-0.4, -0.2) is 12.2 Å². The Hall–Kier alpha value is -1.23. The molecule has 5 rings (SSSR count). The van der Waals surface area contributed by atoms with Crippen LogP contribution in [0, 0.1) is 15.4 Å². The van der Waals surface area contributed by atoms with E-state index < -0.39 is 0 Å². The molecule has 0 aromatic heterocycles. The maximum atomic E-state index is 10.1. The first-order valence-corrected chi connectivity index (χ1v) is 10.8. The highest BCUT2D eigenvalue weighted by Crippen LogP contribution is 2.60. The van der Waals surface area contributed by atoms with Crippen LogP contribution in [0.2, 0.25) is 0 Å². The summed E-state index contributed by atoms with van der Waals surface area (Å²) in [5, 5.41) is 10.1. The van der Waals surface area contributed by atoms with E-state index in [9.17, 15) is 5.11 Å². The molecule has 0 radical (unpaired) electrons. The molecule has 2 aromatic carbocycles. The Labute approximate surface area is 169 Å². The number of aromatic hydroxyl groups is 1. The number of fused-ring (bicyclic) bond motifs is 7. The van der Waals surface area contributed by atoms with Gasteiger partial charge in [0, 0.05) is 0 Å². The predicted molar refractivity (Wildman–Crippen MR) is 112 cm³/mol. The Balaban J connectivity index is 1.55. The van der Waals surface area contributed by atoms with Crippen LogP contribution in [0.4, 0.5) is 0 Å². The summed E-state index contributed by atoms with van der Waals surface area (Å²) in [5.74, 6) is 3.57. The summed E-state index contributed by atoms with van der Waals surface area (Å²) >= 11 is 2.27. The van der Waals surface area contributed by atoms with E-state index >= 15 is 0 Å². The molecule has 0 bridgehead atoms. The molecule has 0 amide bonds. The third-order valence-electron chi connectivity index (χ3n) is 7.55. The number of aryl methyl sites for hydroxylation is 1. The number of ether oxygens (including phenoxy) is 1. The molecule has 1 N–H and O–H groups in total. The van der Waals surface area contributed by atoms with Gasteiger partial charge in [0.2, 0.25) is 0 Å². The first-order valence-electron chi connectivity index (χ1n) is 9.70. The third-order valence-corrected chi connectivity index (χ3v) is 8.42. The lowest BCUT2D eigenvalue weighted by atomic mass is 9.55. The molecule has 2 nitrogen and oxygen atoms in total. The molecular weight excluding hydrogens is 435 g/mol. The monoisotopic (exact) mass is 460 g/mol. The first-order chi connectivity index (χ1) is 12.5. The third kappa shape index (κ3) is 2.28. The van der Waals surface area contributed by atoms with Crippen LogP contribution >= 0.6 is 22.6 Å². The van der Waals surface area contributed by atoms with Crippen LogP contribution in [0.3, 0.4) is 0 Å². The minimum absolute atomic E-state index is 0.284. The lowest BCUT2D eigenvalue weighted by Gasteiger charge is -2.49. The maximum absolute atomic E-state index is 10.1. The molecule has 2 aromatic rings. The van der Waals surface area contributed by atoms with Crippen LogP contribution in [0.15, 0.2) is 30.3 Å². The zero-order valence-electron chi connectivity index (χ0n) is 15.4. The summed E-state index contributed by atoms with van der Waals surface area (Å²) in [6.07, 6.45) is 6.07. The van der Waals surface area contributed by atoms with Gasteiger partial charge in [-0.15, -0.1) is 0 Å². The van der Waals surface area contributed by atoms with Gasteiger partial charge in [0.05, 0.1) is 10.7 Å². The van der Waals surface area contributed by atoms with E-state index in [0.717, 1.165) is 27.6 Å². The summed E-state index contributed by atoms with van der Waals surface area (Å²) in [4.78, 5) is 0. The smallest absolute Gasteiger partial charge is 0.129 e. The van der Waals surface area contributed by atoms with Gasteiger partial charge in [0.15, 0.2) is 0 Å². The summed E-state index contributed by atoms with van der Waals surface area (Å²) in [7, 11) is 1.77. The fourth-order valence-corrected chi connectivity index (χ4v) is 6.73. The molecule has 0 saturated heterocycles. The SMILES string of the molecule is COc1ccc2c(c1)[C@@]1(C)CC[C@@H]3c4cc(I)c(O)cc4CC[C@H]3[C@@H]1C2. The van der Waals surface area contributed by atoms with Crippen molar-refractivity contribution in [2.75, 3.05) is 7.11 Å². The molecule has 136 valence electrons. The second kappa shape index (κ2) is 5.88. The number of halogens is 1. The van der Waals surface area contributed by atoms with Crippen LogP contribution < -0.4 is 4.74 Å². The van der Waals surface area contributed by atoms with Gasteiger partial charge >= 0.3 is 0 Å². The second-order valence-corrected chi connectivity index (χ2v) is 9.76. The highest BCUT2D eigenvalue weighted by Gasteiger charge is 2.52. The van der Waals surface area contributed by atoms with Crippen molar-refractivity contribution >= 4 is 22.6 Å². The minimum Gasteiger partial charge on any atom is -0.507 e. The number of benzene rings is 2. The van der Waals surface area contributed by atoms with E-state index in [0.29, 0.717) is 11.7 Å². The molecule has 0 spiro atoms. The maximum Gasteiger partial charge on any atom is 0.129 e. The van der Waals surface area contributed by atoms with Crippen molar-refractivity contribution in [3.05, 3.63) is 56.2 Å². The van der Waals surface area contributed by atoms with Crippen LogP contribution in [0.1, 0.15) is 54.4 Å². The topological polar surface area (TPSA) is 29.5 Å². The average Bonchev–Trinajstić information content (AvgIpc) is 2.95. The van der Waals surface area contributed by atoms with Gasteiger partial charge in [-0.25, -0.2) is 0 Å². The molecule has 3 aliphatic carbocycles. The Bertz CT molecular complexity index is 890. The second-order valence-electron chi connectivity index (χ2n) is 8.60. The highest BCUT2D eigenvalue weighted by molar-refractivity contribution is 14.1. The van der Waals surface area contributed by atoms with E-state index in [-0.39, 0.29) is 5.41 Å². The number of hydrogen-bond acceptors (Lipinski definition) is 2. The largest absolute Gasteiger partial charge is 0.507 e. The van der Waals surface area contributed by atoms with Gasteiger partial charge in [0.1, 0.15) is 11.5 Å². The molecule has 4 atom stereocenters. The normalized spacial score (nSPS) is 31.6. The molecule has 0 heterocycles. The Morgan fingerprint density at radius 3 is 2.81 bits per heavy atom. The number of rotatable bonds is 1. The van der Waals surface area contributed by atoms with E-state index in [4.69, 9.17) is 4.74 Å². The van der Waals surface area contributed by atoms with Crippen LogP contribution in [0.25, 0.3) is 0 Å². The highest BCUT2D eigenvalue weighted by atomic mass is 127. The van der Waals surface area contributed by atoms with Gasteiger partial charge in [-0.1, -0.05) is 13.0 Å². The van der Waals surface area contributed by atoms with Gasteiger partial charge in [0.25, 0.3) is 0 Å². The number of phenolic OH excluding ortho intramolecular Hbond substituents is 1. The summed E-state index contributed by atoms with van der Waals surface area (Å²) in [6.45, 7) is 2.50. The molecular formula is C23H25IO2. The van der Waals surface area contributed by atoms with Gasteiger partial charge < -0.3 is 9.84 Å². The summed E-state index contributed by atoms with van der Waals surface area (Å²) < 4.78 is 6.51. The van der Waals surface area contributed by atoms with Crippen molar-refractivity contribution in [1.82, 2.24) is 0 Å². The van der Waals surface area contributed by atoms with Crippen LogP contribution in [0.5, 0.6) is 11.5 Å².